The van der Waals surface area contributed by atoms with Crippen LogP contribution in [-0.2, 0) is 20.8 Å². The highest BCUT2D eigenvalue weighted by molar-refractivity contribution is 7.99. The second-order valence-electron chi connectivity index (χ2n) is 7.90. The summed E-state index contributed by atoms with van der Waals surface area (Å²) in [6.07, 6.45) is 3.56. The fourth-order valence-corrected chi connectivity index (χ4v) is 5.66. The van der Waals surface area contributed by atoms with Crippen molar-refractivity contribution in [1.82, 2.24) is 14.8 Å². The van der Waals surface area contributed by atoms with Crippen molar-refractivity contribution in [3.8, 4) is 11.4 Å². The highest BCUT2D eigenvalue weighted by atomic mass is 32.2. The first-order valence-corrected chi connectivity index (χ1v) is 12.6. The summed E-state index contributed by atoms with van der Waals surface area (Å²) in [6.45, 7) is 4.70. The van der Waals surface area contributed by atoms with Gasteiger partial charge in [-0.3, -0.25) is 14.2 Å². The summed E-state index contributed by atoms with van der Waals surface area (Å²) in [5.74, 6) is -0.374. The summed E-state index contributed by atoms with van der Waals surface area (Å²) in [5.41, 5.74) is 6.71. The third kappa shape index (κ3) is 5.26. The summed E-state index contributed by atoms with van der Waals surface area (Å²) >= 11 is 2.15. The first-order chi connectivity index (χ1) is 16.8. The molecular weight excluding hydrogens is 494 g/mol. The lowest BCUT2D eigenvalue weighted by Gasteiger charge is -2.14. The van der Waals surface area contributed by atoms with E-state index >= 15 is 0 Å². The van der Waals surface area contributed by atoms with Crippen molar-refractivity contribution < 1.29 is 28.3 Å². The van der Waals surface area contributed by atoms with E-state index in [9.17, 15) is 14.4 Å². The zero-order valence-corrected chi connectivity index (χ0v) is 21.1. The number of methoxy groups -OCH3 is 1. The van der Waals surface area contributed by atoms with Crippen LogP contribution >= 0.6 is 23.1 Å². The predicted octanol–water partition coefficient (Wildman–Crippen LogP) is 3.01. The Labute approximate surface area is 209 Å². The molecule has 2 amide bonds. The lowest BCUT2D eigenvalue weighted by Crippen LogP contribution is -2.18. The molecule has 0 radical (unpaired) electrons. The molecule has 0 saturated carbocycles. The van der Waals surface area contributed by atoms with E-state index < -0.39 is 11.9 Å². The monoisotopic (exact) mass is 519 g/mol. The molecule has 0 aliphatic carbocycles. The lowest BCUT2D eigenvalue weighted by molar-refractivity contribution is -0.113. The maximum Gasteiger partial charge on any atom is 0.341 e. The quantitative estimate of drug-likeness (QED) is 0.321. The summed E-state index contributed by atoms with van der Waals surface area (Å²) in [4.78, 5) is 36.9. The second kappa shape index (κ2) is 10.6. The maximum atomic E-state index is 12.8. The number of thiophene rings is 1. The van der Waals surface area contributed by atoms with E-state index in [1.165, 1.54) is 18.9 Å². The van der Waals surface area contributed by atoms with Crippen LogP contribution in [0, 0.1) is 13.8 Å². The number of carbonyl (C=O) groups excluding carboxylic acids is 3. The number of primary amides is 1. The summed E-state index contributed by atoms with van der Waals surface area (Å²) < 4.78 is 18.0. The molecule has 3 aromatic rings. The van der Waals surface area contributed by atoms with Crippen molar-refractivity contribution in [2.24, 2.45) is 5.73 Å². The zero-order chi connectivity index (χ0) is 25.1. The molecule has 1 saturated heterocycles. The topological polar surface area (TPSA) is 152 Å². The number of esters is 1. The third-order valence-corrected chi connectivity index (χ3v) is 7.76. The minimum Gasteiger partial charge on any atom is -0.469 e. The van der Waals surface area contributed by atoms with E-state index in [0.717, 1.165) is 29.7 Å². The number of hydrogen-bond acceptors (Lipinski definition) is 10. The normalized spacial score (nSPS) is 15.3. The molecule has 4 heterocycles. The number of ether oxygens (including phenoxy) is 2. The van der Waals surface area contributed by atoms with E-state index in [0.29, 0.717) is 35.5 Å². The number of nitrogens with zero attached hydrogens (tertiary/aromatic N) is 3. The molecule has 0 aromatic carbocycles. The fourth-order valence-electron chi connectivity index (χ4n) is 3.85. The average molecular weight is 520 g/mol. The Hall–Kier alpha value is -3.16. The number of thioether (sulfide) groups is 1. The molecule has 1 aliphatic rings. The van der Waals surface area contributed by atoms with Crippen molar-refractivity contribution in [1.29, 1.82) is 0 Å². The molecule has 0 spiro atoms. The predicted molar refractivity (Wildman–Crippen MR) is 130 cm³/mol. The number of nitrogens with two attached hydrogens (primary N) is 1. The Balaban J connectivity index is 1.53. The van der Waals surface area contributed by atoms with Crippen molar-refractivity contribution in [2.45, 2.75) is 44.5 Å². The molecule has 35 heavy (non-hydrogen) atoms. The summed E-state index contributed by atoms with van der Waals surface area (Å²) in [7, 11) is 1.23. The number of hydrogen-bond donors (Lipinski definition) is 2. The van der Waals surface area contributed by atoms with Gasteiger partial charge in [-0.05, 0) is 38.3 Å². The molecule has 4 rings (SSSR count). The molecule has 186 valence electrons. The standard InChI is InChI=1S/C22H25N5O6S2/c1-11-16(21(30)31-3)20(35-17(11)18(23)29)24-15(28)10-34-22-26-25-19(14-6-8-32-12(14)2)27(22)9-13-5-4-7-33-13/h6,8,13H,4-5,7,9-10H2,1-3H3,(H2,23,29)(H,24,28). The van der Waals surface area contributed by atoms with Gasteiger partial charge in [0.2, 0.25) is 5.91 Å². The van der Waals surface area contributed by atoms with Crippen LogP contribution in [0.3, 0.4) is 0 Å². The molecule has 1 aliphatic heterocycles. The van der Waals surface area contributed by atoms with Crippen LogP contribution in [0.15, 0.2) is 21.9 Å². The van der Waals surface area contributed by atoms with Crippen LogP contribution in [-0.4, -0.2) is 58.1 Å². The van der Waals surface area contributed by atoms with E-state index in [2.05, 4.69) is 15.5 Å². The van der Waals surface area contributed by atoms with Gasteiger partial charge in [-0.2, -0.15) is 0 Å². The number of carbonyl (C=O) groups is 3. The number of aromatic nitrogens is 3. The van der Waals surface area contributed by atoms with Gasteiger partial charge in [0.1, 0.15) is 10.8 Å². The molecule has 1 unspecified atom stereocenters. The van der Waals surface area contributed by atoms with Gasteiger partial charge in [0.05, 0.1) is 47.8 Å². The molecule has 1 fully saturated rings. The van der Waals surface area contributed by atoms with Crippen molar-refractivity contribution >= 4 is 45.9 Å². The Morgan fingerprint density at radius 1 is 1.34 bits per heavy atom. The molecule has 3 aromatic heterocycles. The van der Waals surface area contributed by atoms with E-state index in [-0.39, 0.29) is 33.2 Å². The largest absolute Gasteiger partial charge is 0.469 e. The first-order valence-electron chi connectivity index (χ1n) is 10.8. The van der Waals surface area contributed by atoms with Crippen LogP contribution in [0.5, 0.6) is 0 Å². The number of amides is 2. The van der Waals surface area contributed by atoms with Crippen LogP contribution in [0.2, 0.25) is 0 Å². The van der Waals surface area contributed by atoms with Crippen LogP contribution in [0.4, 0.5) is 5.00 Å². The summed E-state index contributed by atoms with van der Waals surface area (Å²) in [5, 5.41) is 12.1. The highest BCUT2D eigenvalue weighted by Crippen LogP contribution is 2.34. The van der Waals surface area contributed by atoms with Gasteiger partial charge in [-0.25, -0.2) is 4.79 Å². The minimum atomic E-state index is -0.683. The van der Waals surface area contributed by atoms with Gasteiger partial charge in [0, 0.05) is 6.61 Å². The Bertz CT molecular complexity index is 1260. The number of aryl methyl sites for hydroxylation is 1. The van der Waals surface area contributed by atoms with Crippen molar-refractivity contribution in [3.63, 3.8) is 0 Å². The smallest absolute Gasteiger partial charge is 0.341 e. The molecular formula is C22H25N5O6S2. The Kier molecular flexibility index (Phi) is 7.57. The Morgan fingerprint density at radius 2 is 2.14 bits per heavy atom. The van der Waals surface area contributed by atoms with Crippen LogP contribution in [0.25, 0.3) is 11.4 Å². The zero-order valence-electron chi connectivity index (χ0n) is 19.5. The Morgan fingerprint density at radius 3 is 2.77 bits per heavy atom. The van der Waals surface area contributed by atoms with Crippen molar-refractivity contribution in [2.75, 3.05) is 24.8 Å². The minimum absolute atomic E-state index is 0.00249. The summed E-state index contributed by atoms with van der Waals surface area (Å²) in [6, 6.07) is 1.83. The number of rotatable bonds is 9. The highest BCUT2D eigenvalue weighted by Gasteiger charge is 2.26. The maximum absolute atomic E-state index is 12.8. The van der Waals surface area contributed by atoms with Gasteiger partial charge >= 0.3 is 5.97 Å². The second-order valence-corrected chi connectivity index (χ2v) is 9.86. The van der Waals surface area contributed by atoms with Gasteiger partial charge in [-0.15, -0.1) is 21.5 Å². The van der Waals surface area contributed by atoms with E-state index in [1.807, 2.05) is 17.6 Å². The van der Waals surface area contributed by atoms with Crippen molar-refractivity contribution in [3.05, 3.63) is 34.1 Å². The SMILES string of the molecule is COC(=O)c1c(NC(=O)CSc2nnc(-c3ccoc3C)n2CC2CCCO2)sc(C(N)=O)c1C. The van der Waals surface area contributed by atoms with Gasteiger partial charge < -0.3 is 24.9 Å². The average Bonchev–Trinajstić information content (AvgIpc) is 3.61. The molecule has 3 N–H and O–H groups in total. The number of furan rings is 1. The van der Waals surface area contributed by atoms with Crippen LogP contribution in [0.1, 0.15) is 44.2 Å². The molecule has 11 nitrogen and oxygen atoms in total. The fraction of sp³-hybridized carbons (Fsp3) is 0.409. The van der Waals surface area contributed by atoms with E-state index in [4.69, 9.17) is 19.6 Å². The van der Waals surface area contributed by atoms with Gasteiger partial charge in [-0.1, -0.05) is 11.8 Å². The molecule has 0 bridgehead atoms. The molecule has 1 atom stereocenters. The molecule has 13 heteroatoms. The lowest BCUT2D eigenvalue weighted by atomic mass is 10.1. The number of nitrogens with one attached hydrogen (secondary N) is 1. The van der Waals surface area contributed by atoms with E-state index in [1.54, 1.807) is 13.2 Å². The first kappa shape index (κ1) is 24.9. The van der Waals surface area contributed by atoms with Crippen LogP contribution < -0.4 is 11.1 Å². The number of anilines is 1. The van der Waals surface area contributed by atoms with Gasteiger partial charge in [0.25, 0.3) is 5.91 Å². The third-order valence-electron chi connectivity index (χ3n) is 5.57. The van der Waals surface area contributed by atoms with Gasteiger partial charge in [0.15, 0.2) is 11.0 Å².